The molecule has 1 saturated heterocycles. The Hall–Kier alpha value is 0.390. The molecule has 1 aliphatic rings. The van der Waals surface area contributed by atoms with Crippen molar-refractivity contribution in [3.05, 3.63) is 0 Å². The lowest BCUT2D eigenvalue weighted by Crippen LogP contribution is -2.33. The summed E-state index contributed by atoms with van der Waals surface area (Å²) >= 11 is 0. The minimum absolute atomic E-state index is 0.407. The highest BCUT2D eigenvalue weighted by atomic mass is 31.1. The third-order valence-electron chi connectivity index (χ3n) is 2.05. The SMILES string of the molecule is CCP1CCNCC1C. The number of hydrogen-bond acceptors (Lipinski definition) is 1. The summed E-state index contributed by atoms with van der Waals surface area (Å²) in [5.74, 6) is 0. The van der Waals surface area contributed by atoms with Crippen molar-refractivity contribution in [3.8, 4) is 0 Å². The van der Waals surface area contributed by atoms with Crippen molar-refractivity contribution in [2.45, 2.75) is 19.5 Å². The summed E-state index contributed by atoms with van der Waals surface area (Å²) in [5.41, 5.74) is 0.971. The van der Waals surface area contributed by atoms with Crippen LogP contribution in [-0.2, 0) is 0 Å². The Morgan fingerprint density at radius 1 is 1.67 bits per heavy atom. The van der Waals surface area contributed by atoms with Crippen molar-refractivity contribution in [1.82, 2.24) is 5.32 Å². The van der Waals surface area contributed by atoms with Gasteiger partial charge in [0.25, 0.3) is 0 Å². The van der Waals surface area contributed by atoms with Crippen LogP contribution >= 0.6 is 7.92 Å². The molecular weight excluding hydrogens is 129 g/mol. The molecule has 1 N–H and O–H groups in total. The van der Waals surface area contributed by atoms with Crippen LogP contribution in [0.5, 0.6) is 0 Å². The van der Waals surface area contributed by atoms with E-state index in [1.807, 2.05) is 0 Å². The highest BCUT2D eigenvalue weighted by molar-refractivity contribution is 7.58. The van der Waals surface area contributed by atoms with Crippen LogP contribution in [0.25, 0.3) is 0 Å². The maximum Gasteiger partial charge on any atom is 0.00164 e. The summed E-state index contributed by atoms with van der Waals surface area (Å²) in [4.78, 5) is 0. The molecule has 0 aliphatic carbocycles. The minimum Gasteiger partial charge on any atom is -0.316 e. The highest BCUT2D eigenvalue weighted by Crippen LogP contribution is 2.41. The van der Waals surface area contributed by atoms with Crippen molar-refractivity contribution < 1.29 is 0 Å². The van der Waals surface area contributed by atoms with Crippen LogP contribution in [0.2, 0.25) is 0 Å². The largest absolute Gasteiger partial charge is 0.316 e. The van der Waals surface area contributed by atoms with E-state index >= 15 is 0 Å². The molecule has 9 heavy (non-hydrogen) atoms. The molecule has 2 heteroatoms. The molecule has 0 bridgehead atoms. The predicted octanol–water partition coefficient (Wildman–Crippen LogP) is 1.48. The highest BCUT2D eigenvalue weighted by Gasteiger charge is 2.17. The molecule has 0 saturated carbocycles. The van der Waals surface area contributed by atoms with Gasteiger partial charge in [0.15, 0.2) is 0 Å². The van der Waals surface area contributed by atoms with E-state index in [4.69, 9.17) is 0 Å². The molecule has 0 aromatic rings. The molecule has 0 aromatic heterocycles. The first-order valence-electron chi connectivity index (χ1n) is 3.79. The smallest absolute Gasteiger partial charge is 0.00164 e. The molecule has 54 valence electrons. The van der Waals surface area contributed by atoms with Crippen molar-refractivity contribution in [3.63, 3.8) is 0 Å². The van der Waals surface area contributed by atoms with Gasteiger partial charge in [-0.3, -0.25) is 0 Å². The summed E-state index contributed by atoms with van der Waals surface area (Å²) in [6.07, 6.45) is 2.88. The molecular formula is C7H16NP. The van der Waals surface area contributed by atoms with Gasteiger partial charge in [-0.1, -0.05) is 13.8 Å². The lowest BCUT2D eigenvalue weighted by Gasteiger charge is -2.28. The van der Waals surface area contributed by atoms with Crippen molar-refractivity contribution in [2.75, 3.05) is 25.4 Å². The van der Waals surface area contributed by atoms with E-state index in [1.165, 1.54) is 25.4 Å². The van der Waals surface area contributed by atoms with E-state index in [0.717, 1.165) is 5.66 Å². The van der Waals surface area contributed by atoms with Gasteiger partial charge in [-0.15, -0.1) is 7.92 Å². The molecule has 1 aliphatic heterocycles. The average molecular weight is 145 g/mol. The molecule has 0 aromatic carbocycles. The van der Waals surface area contributed by atoms with Gasteiger partial charge >= 0.3 is 0 Å². The monoisotopic (exact) mass is 145 g/mol. The molecule has 2 unspecified atom stereocenters. The Morgan fingerprint density at radius 2 is 2.44 bits per heavy atom. The van der Waals surface area contributed by atoms with E-state index in [2.05, 4.69) is 19.2 Å². The van der Waals surface area contributed by atoms with Crippen LogP contribution < -0.4 is 5.32 Å². The Balaban J connectivity index is 2.30. The van der Waals surface area contributed by atoms with E-state index in [1.54, 1.807) is 0 Å². The molecule has 1 rings (SSSR count). The third kappa shape index (κ3) is 1.91. The minimum atomic E-state index is 0.407. The Kier molecular flexibility index (Phi) is 2.94. The molecule has 0 radical (unpaired) electrons. The second-order valence-electron chi connectivity index (χ2n) is 2.68. The first-order chi connectivity index (χ1) is 4.34. The van der Waals surface area contributed by atoms with E-state index in [9.17, 15) is 0 Å². The Bertz CT molecular complexity index is 85.0. The second kappa shape index (κ2) is 3.53. The van der Waals surface area contributed by atoms with Crippen LogP contribution in [0.1, 0.15) is 13.8 Å². The molecule has 0 spiro atoms. The van der Waals surface area contributed by atoms with Crippen LogP contribution in [0, 0.1) is 0 Å². The van der Waals surface area contributed by atoms with Crippen LogP contribution in [0.3, 0.4) is 0 Å². The summed E-state index contributed by atoms with van der Waals surface area (Å²) < 4.78 is 0. The second-order valence-corrected chi connectivity index (χ2v) is 5.82. The molecule has 1 nitrogen and oxygen atoms in total. The van der Waals surface area contributed by atoms with Gasteiger partial charge in [0, 0.05) is 6.54 Å². The fourth-order valence-corrected chi connectivity index (χ4v) is 3.57. The Labute approximate surface area is 59.0 Å². The fourth-order valence-electron chi connectivity index (χ4n) is 1.35. The number of rotatable bonds is 1. The fraction of sp³-hybridized carbons (Fsp3) is 1.00. The quantitative estimate of drug-likeness (QED) is 0.551. The molecule has 2 atom stereocenters. The van der Waals surface area contributed by atoms with Gasteiger partial charge < -0.3 is 5.32 Å². The van der Waals surface area contributed by atoms with E-state index < -0.39 is 0 Å². The summed E-state index contributed by atoms with van der Waals surface area (Å²) in [5, 5.41) is 3.42. The van der Waals surface area contributed by atoms with E-state index in [-0.39, 0.29) is 0 Å². The topological polar surface area (TPSA) is 12.0 Å². The zero-order valence-corrected chi connectivity index (χ0v) is 7.25. The van der Waals surface area contributed by atoms with Gasteiger partial charge in [-0.05, 0) is 24.5 Å². The summed E-state index contributed by atoms with van der Waals surface area (Å²) in [6, 6.07) is 0. The third-order valence-corrected chi connectivity index (χ3v) is 5.08. The first-order valence-corrected chi connectivity index (χ1v) is 5.57. The van der Waals surface area contributed by atoms with Crippen molar-refractivity contribution >= 4 is 7.92 Å². The summed E-state index contributed by atoms with van der Waals surface area (Å²) in [7, 11) is 0.407. The maximum atomic E-state index is 3.42. The van der Waals surface area contributed by atoms with Crippen LogP contribution in [0.4, 0.5) is 0 Å². The van der Waals surface area contributed by atoms with Gasteiger partial charge in [-0.25, -0.2) is 0 Å². The van der Waals surface area contributed by atoms with Gasteiger partial charge in [0.1, 0.15) is 0 Å². The molecule has 0 amide bonds. The zero-order valence-electron chi connectivity index (χ0n) is 6.35. The molecule has 1 fully saturated rings. The van der Waals surface area contributed by atoms with Crippen molar-refractivity contribution in [1.29, 1.82) is 0 Å². The molecule has 1 heterocycles. The normalized spacial score (nSPS) is 36.7. The standard InChI is InChI=1S/C7H16NP/c1-3-9-5-4-8-6-7(9)2/h7-8H,3-6H2,1-2H3. The lowest BCUT2D eigenvalue weighted by molar-refractivity contribution is 0.682. The van der Waals surface area contributed by atoms with Gasteiger partial charge in [0.2, 0.25) is 0 Å². The Morgan fingerprint density at radius 3 is 2.89 bits per heavy atom. The van der Waals surface area contributed by atoms with E-state index in [0.29, 0.717) is 7.92 Å². The number of hydrogen-bond donors (Lipinski definition) is 1. The lowest BCUT2D eigenvalue weighted by atomic mass is 10.4. The maximum absolute atomic E-state index is 3.42. The first kappa shape index (κ1) is 7.50. The van der Waals surface area contributed by atoms with Crippen molar-refractivity contribution in [2.24, 2.45) is 0 Å². The van der Waals surface area contributed by atoms with Gasteiger partial charge in [-0.2, -0.15) is 0 Å². The van der Waals surface area contributed by atoms with Crippen LogP contribution in [-0.4, -0.2) is 31.1 Å². The average Bonchev–Trinajstić information content (AvgIpc) is 1.89. The zero-order chi connectivity index (χ0) is 6.69. The van der Waals surface area contributed by atoms with Gasteiger partial charge in [0.05, 0.1) is 0 Å². The summed E-state index contributed by atoms with van der Waals surface area (Å²) in [6.45, 7) is 7.23. The predicted molar refractivity (Wildman–Crippen MR) is 44.7 cm³/mol. The van der Waals surface area contributed by atoms with Crippen LogP contribution in [0.15, 0.2) is 0 Å². The number of nitrogens with one attached hydrogen (secondary N) is 1.